The third-order valence-corrected chi connectivity index (χ3v) is 5.19. The molecule has 5 nitrogen and oxygen atoms in total. The summed E-state index contributed by atoms with van der Waals surface area (Å²) in [6.07, 6.45) is 1.44. The molecule has 1 fully saturated rings. The van der Waals surface area contributed by atoms with Gasteiger partial charge in [-0.2, -0.15) is 0 Å². The summed E-state index contributed by atoms with van der Waals surface area (Å²) in [5, 5.41) is 0.711. The van der Waals surface area contributed by atoms with Gasteiger partial charge in [0.2, 0.25) is 0 Å². The van der Waals surface area contributed by atoms with Crippen LogP contribution < -0.4 is 10.5 Å². The number of ether oxygens (including phenoxy) is 2. The second kappa shape index (κ2) is 9.62. The minimum Gasteiger partial charge on any atom is -0.496 e. The van der Waals surface area contributed by atoms with E-state index in [2.05, 4.69) is 0 Å². The molecule has 0 bridgehead atoms. The van der Waals surface area contributed by atoms with Crippen molar-refractivity contribution in [2.75, 3.05) is 20.2 Å². The molecule has 1 atom stereocenters. The molecule has 2 N–H and O–H groups in total. The van der Waals surface area contributed by atoms with Gasteiger partial charge in [0, 0.05) is 56.3 Å². The first-order chi connectivity index (χ1) is 12.0. The van der Waals surface area contributed by atoms with Gasteiger partial charge in [-0.1, -0.05) is 11.6 Å². The van der Waals surface area contributed by atoms with E-state index in [1.807, 2.05) is 40.7 Å². The SMILES string of the molecule is COc1c(C(C)N)cc(Cl)c(C)c1C1CCN(C(=O)OC(C)(C)C)CC1.[Pt]. The number of likely N-dealkylation sites (tertiary alicyclic amines) is 1. The molecule has 1 amide bonds. The maximum Gasteiger partial charge on any atom is 0.410 e. The number of hydrogen-bond donors (Lipinski definition) is 1. The van der Waals surface area contributed by atoms with Crippen LogP contribution in [-0.2, 0) is 25.8 Å². The Labute approximate surface area is 182 Å². The predicted molar refractivity (Wildman–Crippen MR) is 105 cm³/mol. The summed E-state index contributed by atoms with van der Waals surface area (Å²) in [6, 6.07) is 1.74. The zero-order valence-corrected chi connectivity index (χ0v) is 20.0. The van der Waals surface area contributed by atoms with E-state index in [0.29, 0.717) is 18.1 Å². The van der Waals surface area contributed by atoms with Crippen LogP contribution in [0.2, 0.25) is 5.02 Å². The Balaban J connectivity index is 0.00000364. The van der Waals surface area contributed by atoms with E-state index in [1.54, 1.807) is 12.0 Å². The van der Waals surface area contributed by atoms with Crippen molar-refractivity contribution in [3.05, 3.63) is 27.8 Å². The number of rotatable bonds is 3. The van der Waals surface area contributed by atoms with Crippen molar-refractivity contribution in [1.82, 2.24) is 4.90 Å². The quantitative estimate of drug-likeness (QED) is 0.561. The molecule has 0 aliphatic carbocycles. The Kier molecular flexibility index (Phi) is 8.65. The van der Waals surface area contributed by atoms with Gasteiger partial charge in [0.1, 0.15) is 11.4 Å². The molecule has 2 rings (SSSR count). The normalized spacial score (nSPS) is 16.5. The molecule has 1 aromatic carbocycles. The number of piperidine rings is 1. The number of hydrogen-bond acceptors (Lipinski definition) is 4. The number of carbonyl (C=O) groups excluding carboxylic acids is 1. The zero-order chi connectivity index (χ0) is 19.6. The number of halogens is 1. The van der Waals surface area contributed by atoms with E-state index in [-0.39, 0.29) is 39.1 Å². The molecule has 156 valence electrons. The van der Waals surface area contributed by atoms with Gasteiger partial charge in [-0.25, -0.2) is 4.79 Å². The average molecular weight is 578 g/mol. The van der Waals surface area contributed by atoms with Crippen molar-refractivity contribution in [3.8, 4) is 5.75 Å². The van der Waals surface area contributed by atoms with Crippen LogP contribution in [0.15, 0.2) is 6.07 Å². The molecule has 0 radical (unpaired) electrons. The molecule has 0 saturated carbocycles. The van der Waals surface area contributed by atoms with E-state index in [1.165, 1.54) is 0 Å². The molecule has 1 heterocycles. The number of amides is 1. The van der Waals surface area contributed by atoms with E-state index < -0.39 is 5.60 Å². The van der Waals surface area contributed by atoms with Crippen LogP contribution in [-0.4, -0.2) is 36.8 Å². The second-order valence-corrected chi connectivity index (χ2v) is 8.46. The van der Waals surface area contributed by atoms with Crippen molar-refractivity contribution in [1.29, 1.82) is 0 Å². The summed E-state index contributed by atoms with van der Waals surface area (Å²) in [7, 11) is 1.67. The third kappa shape index (κ3) is 5.85. The van der Waals surface area contributed by atoms with Crippen LogP contribution in [0, 0.1) is 6.92 Å². The van der Waals surface area contributed by atoms with Gasteiger partial charge < -0.3 is 20.1 Å². The summed E-state index contributed by atoms with van der Waals surface area (Å²) >= 11 is 6.47. The molecule has 0 aromatic heterocycles. The van der Waals surface area contributed by atoms with E-state index in [0.717, 1.165) is 35.3 Å². The van der Waals surface area contributed by atoms with Gasteiger partial charge in [-0.3, -0.25) is 0 Å². The molecule has 1 aliphatic rings. The van der Waals surface area contributed by atoms with Crippen LogP contribution in [0.3, 0.4) is 0 Å². The fourth-order valence-electron chi connectivity index (χ4n) is 3.50. The topological polar surface area (TPSA) is 64.8 Å². The average Bonchev–Trinajstić information content (AvgIpc) is 2.55. The standard InChI is InChI=1S/C20H31ClN2O3.Pt/c1-12-16(21)11-15(13(2)22)18(25-6)17(12)14-7-9-23(10-8-14)19(24)26-20(3,4)5;/h11,13-14H,7-10,22H2,1-6H3;. The van der Waals surface area contributed by atoms with Crippen LogP contribution >= 0.6 is 11.6 Å². The first-order valence-electron chi connectivity index (χ1n) is 9.15. The summed E-state index contributed by atoms with van der Waals surface area (Å²) < 4.78 is 11.2. The van der Waals surface area contributed by atoms with Gasteiger partial charge in [0.15, 0.2) is 0 Å². The largest absolute Gasteiger partial charge is 0.496 e. The minimum absolute atomic E-state index is 0. The molecular weight excluding hydrogens is 547 g/mol. The monoisotopic (exact) mass is 577 g/mol. The smallest absolute Gasteiger partial charge is 0.410 e. The minimum atomic E-state index is -0.479. The Bertz CT molecular complexity index is 666. The Morgan fingerprint density at radius 2 is 1.89 bits per heavy atom. The second-order valence-electron chi connectivity index (χ2n) is 8.05. The number of nitrogens with zero attached hydrogens (tertiary/aromatic N) is 1. The van der Waals surface area contributed by atoms with E-state index in [4.69, 9.17) is 26.8 Å². The summed E-state index contributed by atoms with van der Waals surface area (Å²) in [5.41, 5.74) is 8.72. The number of nitrogens with two attached hydrogens (primary N) is 1. The van der Waals surface area contributed by atoms with Gasteiger partial charge in [-0.05, 0) is 65.0 Å². The molecule has 27 heavy (non-hydrogen) atoms. The summed E-state index contributed by atoms with van der Waals surface area (Å²) in [5.74, 6) is 1.11. The van der Waals surface area contributed by atoms with Gasteiger partial charge >= 0.3 is 6.09 Å². The Morgan fingerprint density at radius 3 is 2.33 bits per heavy atom. The maximum atomic E-state index is 12.3. The fourth-order valence-corrected chi connectivity index (χ4v) is 3.72. The first kappa shape index (κ1) is 24.3. The Morgan fingerprint density at radius 1 is 1.33 bits per heavy atom. The van der Waals surface area contributed by atoms with Crippen molar-refractivity contribution < 1.29 is 35.3 Å². The molecule has 1 aromatic rings. The first-order valence-corrected chi connectivity index (χ1v) is 9.53. The summed E-state index contributed by atoms with van der Waals surface area (Å²) in [4.78, 5) is 14.1. The van der Waals surface area contributed by atoms with Gasteiger partial charge in [0.25, 0.3) is 0 Å². The van der Waals surface area contributed by atoms with E-state index >= 15 is 0 Å². The van der Waals surface area contributed by atoms with Crippen molar-refractivity contribution >= 4 is 17.7 Å². The molecule has 1 saturated heterocycles. The number of methoxy groups -OCH3 is 1. The zero-order valence-electron chi connectivity index (χ0n) is 17.0. The molecule has 1 unspecified atom stereocenters. The van der Waals surface area contributed by atoms with Crippen molar-refractivity contribution in [2.45, 2.75) is 65.0 Å². The predicted octanol–water partition coefficient (Wildman–Crippen LogP) is 4.79. The van der Waals surface area contributed by atoms with Gasteiger partial charge in [-0.15, -0.1) is 0 Å². The summed E-state index contributed by atoms with van der Waals surface area (Å²) in [6.45, 7) is 10.9. The van der Waals surface area contributed by atoms with Crippen LogP contribution in [0.25, 0.3) is 0 Å². The number of benzene rings is 1. The van der Waals surface area contributed by atoms with Crippen molar-refractivity contribution in [2.24, 2.45) is 5.73 Å². The van der Waals surface area contributed by atoms with Crippen LogP contribution in [0.1, 0.15) is 69.2 Å². The van der Waals surface area contributed by atoms with Crippen LogP contribution in [0.5, 0.6) is 5.75 Å². The van der Waals surface area contributed by atoms with Crippen molar-refractivity contribution in [3.63, 3.8) is 0 Å². The molecular formula is C20H31ClN2O3Pt. The molecule has 7 heteroatoms. The number of carbonyl (C=O) groups is 1. The third-order valence-electron chi connectivity index (χ3n) is 4.80. The molecule has 1 aliphatic heterocycles. The van der Waals surface area contributed by atoms with E-state index in [9.17, 15) is 4.79 Å². The Hall–Kier alpha value is -0.772. The molecule has 0 spiro atoms. The van der Waals surface area contributed by atoms with Crippen LogP contribution in [0.4, 0.5) is 4.79 Å². The fraction of sp³-hybridized carbons (Fsp3) is 0.650. The van der Waals surface area contributed by atoms with Gasteiger partial charge in [0.05, 0.1) is 7.11 Å². The maximum absolute atomic E-state index is 12.3.